The van der Waals surface area contributed by atoms with E-state index in [1.165, 1.54) is 0 Å². The van der Waals surface area contributed by atoms with Gasteiger partial charge in [0.1, 0.15) is 0 Å². The van der Waals surface area contributed by atoms with E-state index in [4.69, 9.17) is 16.4 Å². The molecule has 6 nitrogen and oxygen atoms in total. The number of benzene rings is 2. The smallest absolute Gasteiger partial charge is 0.268 e. The molecule has 0 fully saturated rings. The summed E-state index contributed by atoms with van der Waals surface area (Å²) in [4.78, 5) is 31.5. The van der Waals surface area contributed by atoms with Crippen LogP contribution in [-0.4, -0.2) is 29.7 Å². The number of hydrogen-bond donors (Lipinski definition) is 1. The Morgan fingerprint density at radius 3 is 2.64 bits per heavy atom. The van der Waals surface area contributed by atoms with E-state index in [9.17, 15) is 9.59 Å². The van der Waals surface area contributed by atoms with E-state index in [0.29, 0.717) is 17.1 Å². The molecule has 1 N–H and O–H groups in total. The van der Waals surface area contributed by atoms with E-state index in [1.807, 2.05) is 31.2 Å². The van der Waals surface area contributed by atoms with Crippen molar-refractivity contribution in [2.24, 2.45) is 5.16 Å². The number of carbonyl (C=O) groups is 2. The number of hydrogen-bond acceptors (Lipinski definition) is 4. The molecule has 4 rings (SSSR count). The van der Waals surface area contributed by atoms with Crippen molar-refractivity contribution in [2.75, 3.05) is 10.2 Å². The molecule has 0 unspecified atom stereocenters. The Bertz CT molecular complexity index is 971. The summed E-state index contributed by atoms with van der Waals surface area (Å²) in [6.07, 6.45) is 0.488. The second-order valence-corrected chi connectivity index (χ2v) is 7.55. The number of carbonyl (C=O) groups excluding carboxylic acids is 2. The number of anilines is 2. The minimum absolute atomic E-state index is 0.0225. The lowest BCUT2D eigenvalue weighted by molar-refractivity contribution is -0.125. The topological polar surface area (TPSA) is 71.0 Å². The zero-order valence-electron chi connectivity index (χ0n) is 15.6. The van der Waals surface area contributed by atoms with Crippen LogP contribution >= 0.6 is 11.6 Å². The highest BCUT2D eigenvalue weighted by molar-refractivity contribution is 6.30. The summed E-state index contributed by atoms with van der Waals surface area (Å²) in [6, 6.07) is 13.0. The van der Waals surface area contributed by atoms with Crippen molar-refractivity contribution in [3.05, 3.63) is 58.6 Å². The Hall–Kier alpha value is -2.86. The molecule has 2 aromatic rings. The number of rotatable bonds is 3. The first-order valence-corrected chi connectivity index (χ1v) is 9.52. The summed E-state index contributed by atoms with van der Waals surface area (Å²) in [6.45, 7) is 3.58. The maximum atomic E-state index is 12.6. The summed E-state index contributed by atoms with van der Waals surface area (Å²) in [7, 11) is 0. The summed E-state index contributed by atoms with van der Waals surface area (Å²) in [5, 5.41) is 7.58. The summed E-state index contributed by atoms with van der Waals surface area (Å²) in [5.41, 5.74) is 4.24. The lowest BCUT2D eigenvalue weighted by Crippen LogP contribution is -2.33. The van der Waals surface area contributed by atoms with Gasteiger partial charge < -0.3 is 15.1 Å². The van der Waals surface area contributed by atoms with Gasteiger partial charge in [-0.2, -0.15) is 0 Å². The molecule has 0 bridgehead atoms. The fraction of sp³-hybridized carbons (Fsp3) is 0.286. The Labute approximate surface area is 168 Å². The normalized spacial score (nSPS) is 20.4. The van der Waals surface area contributed by atoms with Gasteiger partial charge in [0.25, 0.3) is 5.91 Å². The zero-order valence-corrected chi connectivity index (χ0v) is 16.4. The number of nitrogens with zero attached hydrogens (tertiary/aromatic N) is 2. The van der Waals surface area contributed by atoms with Crippen molar-refractivity contribution in [1.82, 2.24) is 0 Å². The molecule has 2 aromatic carbocycles. The summed E-state index contributed by atoms with van der Waals surface area (Å²) < 4.78 is 0. The molecule has 0 radical (unpaired) electrons. The molecule has 0 saturated heterocycles. The first-order chi connectivity index (χ1) is 13.4. The average Bonchev–Trinajstić information content (AvgIpc) is 3.26. The highest BCUT2D eigenvalue weighted by Gasteiger charge is 2.31. The molecule has 7 heteroatoms. The van der Waals surface area contributed by atoms with E-state index in [-0.39, 0.29) is 17.9 Å². The monoisotopic (exact) mass is 397 g/mol. The van der Waals surface area contributed by atoms with Crippen molar-refractivity contribution in [3.63, 3.8) is 0 Å². The third kappa shape index (κ3) is 3.47. The largest absolute Gasteiger partial charge is 0.382 e. The van der Waals surface area contributed by atoms with Crippen LogP contribution in [0.1, 0.15) is 31.4 Å². The molecule has 0 aliphatic carbocycles. The Morgan fingerprint density at radius 2 is 1.93 bits per heavy atom. The van der Waals surface area contributed by atoms with Gasteiger partial charge in [0.15, 0.2) is 0 Å². The molecule has 28 heavy (non-hydrogen) atoms. The van der Waals surface area contributed by atoms with E-state index in [2.05, 4.69) is 10.5 Å². The zero-order chi connectivity index (χ0) is 19.8. The predicted octanol–water partition coefficient (Wildman–Crippen LogP) is 3.77. The standard InChI is InChI=1S/C21H20ClN3O3/c1-12-9-15-10-17(7-8-19(15)25(12)13(2)26)23-21(27)20-11-18(24-28-20)14-3-5-16(22)6-4-14/h3-8,10,12,20H,9,11H2,1-2H3,(H,23,27)/t12-,20-/m0/s1. The van der Waals surface area contributed by atoms with Gasteiger partial charge in [-0.3, -0.25) is 9.59 Å². The summed E-state index contributed by atoms with van der Waals surface area (Å²) in [5.74, 6) is -0.226. The number of oxime groups is 1. The third-order valence-electron chi connectivity index (χ3n) is 5.04. The number of nitrogens with one attached hydrogen (secondary N) is 1. The van der Waals surface area contributed by atoms with Crippen LogP contribution in [0.25, 0.3) is 0 Å². The van der Waals surface area contributed by atoms with Crippen molar-refractivity contribution in [3.8, 4) is 0 Å². The average molecular weight is 398 g/mol. The first-order valence-electron chi connectivity index (χ1n) is 9.14. The number of halogens is 1. The van der Waals surface area contributed by atoms with Gasteiger partial charge in [-0.15, -0.1) is 0 Å². The van der Waals surface area contributed by atoms with Crippen LogP contribution in [-0.2, 0) is 20.8 Å². The Kier molecular flexibility index (Phi) is 4.81. The fourth-order valence-electron chi connectivity index (χ4n) is 3.74. The maximum Gasteiger partial charge on any atom is 0.268 e. The quantitative estimate of drug-likeness (QED) is 0.856. The van der Waals surface area contributed by atoms with Gasteiger partial charge in [0, 0.05) is 35.8 Å². The van der Waals surface area contributed by atoms with E-state index in [1.54, 1.807) is 30.0 Å². The predicted molar refractivity (Wildman–Crippen MR) is 109 cm³/mol. The van der Waals surface area contributed by atoms with Crippen LogP contribution in [0, 0.1) is 0 Å². The Balaban J connectivity index is 1.42. The van der Waals surface area contributed by atoms with Crippen molar-refractivity contribution >= 4 is 40.5 Å². The first kappa shape index (κ1) is 18.5. The fourth-order valence-corrected chi connectivity index (χ4v) is 3.87. The molecule has 0 saturated carbocycles. The Morgan fingerprint density at radius 1 is 1.18 bits per heavy atom. The second-order valence-electron chi connectivity index (χ2n) is 7.12. The minimum Gasteiger partial charge on any atom is -0.382 e. The van der Waals surface area contributed by atoms with Crippen LogP contribution in [0.15, 0.2) is 47.6 Å². The van der Waals surface area contributed by atoms with Crippen LogP contribution < -0.4 is 10.2 Å². The molecule has 0 spiro atoms. The highest BCUT2D eigenvalue weighted by atomic mass is 35.5. The van der Waals surface area contributed by atoms with Gasteiger partial charge in [0.05, 0.1) is 5.71 Å². The molecule has 144 valence electrons. The van der Waals surface area contributed by atoms with E-state index >= 15 is 0 Å². The van der Waals surface area contributed by atoms with Crippen LogP contribution in [0.3, 0.4) is 0 Å². The SMILES string of the molecule is CC(=O)N1c2ccc(NC(=O)[C@@H]3CC(c4ccc(Cl)cc4)=NO3)cc2C[C@@H]1C. The molecule has 2 heterocycles. The van der Waals surface area contributed by atoms with Gasteiger partial charge in [-0.1, -0.05) is 28.9 Å². The van der Waals surface area contributed by atoms with E-state index < -0.39 is 6.10 Å². The molecule has 2 aliphatic rings. The molecule has 2 atom stereocenters. The minimum atomic E-state index is -0.674. The highest BCUT2D eigenvalue weighted by Crippen LogP contribution is 2.34. The van der Waals surface area contributed by atoms with Gasteiger partial charge in [-0.05, 0) is 54.8 Å². The second kappa shape index (κ2) is 7.28. The third-order valence-corrected chi connectivity index (χ3v) is 5.29. The molecule has 2 aliphatic heterocycles. The lowest BCUT2D eigenvalue weighted by atomic mass is 10.0. The lowest BCUT2D eigenvalue weighted by Gasteiger charge is -2.20. The van der Waals surface area contributed by atoms with Crippen LogP contribution in [0.4, 0.5) is 11.4 Å². The molecular formula is C21H20ClN3O3. The molecule has 0 aromatic heterocycles. The summed E-state index contributed by atoms with van der Waals surface area (Å²) >= 11 is 5.91. The van der Waals surface area contributed by atoms with Crippen molar-refractivity contribution in [1.29, 1.82) is 0 Å². The molecule has 2 amide bonds. The van der Waals surface area contributed by atoms with E-state index in [0.717, 1.165) is 28.9 Å². The van der Waals surface area contributed by atoms with Gasteiger partial charge in [0.2, 0.25) is 12.0 Å². The van der Waals surface area contributed by atoms with Crippen molar-refractivity contribution < 1.29 is 14.4 Å². The number of amides is 2. The van der Waals surface area contributed by atoms with Gasteiger partial charge in [-0.25, -0.2) is 0 Å². The molecular weight excluding hydrogens is 378 g/mol. The van der Waals surface area contributed by atoms with Crippen molar-refractivity contribution in [2.45, 2.75) is 38.8 Å². The number of fused-ring (bicyclic) bond motifs is 1. The maximum absolute atomic E-state index is 12.6. The van der Waals surface area contributed by atoms with Gasteiger partial charge >= 0.3 is 0 Å². The van der Waals surface area contributed by atoms with Crippen LogP contribution in [0.5, 0.6) is 0 Å². The van der Waals surface area contributed by atoms with Crippen LogP contribution in [0.2, 0.25) is 5.02 Å².